The second kappa shape index (κ2) is 10.7. The number of rotatable bonds is 5. The third-order valence-electron chi connectivity index (χ3n) is 7.89. The van der Waals surface area contributed by atoms with Gasteiger partial charge in [0.1, 0.15) is 5.58 Å². The number of aromatic nitrogens is 4. The van der Waals surface area contributed by atoms with Gasteiger partial charge in [0, 0.05) is 39.2 Å². The van der Waals surface area contributed by atoms with Gasteiger partial charge in [0.05, 0.1) is 6.20 Å². The van der Waals surface area contributed by atoms with Crippen molar-refractivity contribution in [3.63, 3.8) is 0 Å². The van der Waals surface area contributed by atoms with Gasteiger partial charge in [-0.05, 0) is 35.7 Å². The summed E-state index contributed by atoms with van der Waals surface area (Å²) in [4.78, 5) is 19.3. The molecule has 0 aliphatic heterocycles. The van der Waals surface area contributed by atoms with Gasteiger partial charge in [0.15, 0.2) is 23.1 Å². The van der Waals surface area contributed by atoms with Crippen molar-refractivity contribution in [2.75, 3.05) is 0 Å². The summed E-state index contributed by atoms with van der Waals surface area (Å²) in [6.07, 6.45) is 3.67. The highest BCUT2D eigenvalue weighted by Crippen LogP contribution is 2.37. The predicted molar refractivity (Wildman–Crippen MR) is 177 cm³/mol. The highest BCUT2D eigenvalue weighted by molar-refractivity contribution is 6.12. The number of aryl methyl sites for hydroxylation is 1. The van der Waals surface area contributed by atoms with Gasteiger partial charge in [-0.2, -0.15) is 0 Å². The van der Waals surface area contributed by atoms with Crippen LogP contribution in [0.15, 0.2) is 144 Å². The Hall–Kier alpha value is -5.94. The maximum atomic E-state index is 6.34. The molecule has 0 radical (unpaired) electrons. The lowest BCUT2D eigenvalue weighted by Crippen LogP contribution is -2.00. The second-order valence-corrected chi connectivity index (χ2v) is 10.9. The van der Waals surface area contributed by atoms with Crippen LogP contribution in [0.25, 0.3) is 78.4 Å². The summed E-state index contributed by atoms with van der Waals surface area (Å²) in [6.45, 7) is 2.11. The van der Waals surface area contributed by atoms with E-state index in [2.05, 4.69) is 84.7 Å². The Morgan fingerprint density at radius 3 is 1.75 bits per heavy atom. The van der Waals surface area contributed by atoms with E-state index >= 15 is 0 Å². The largest absolute Gasteiger partial charge is 0.454 e. The van der Waals surface area contributed by atoms with E-state index in [1.807, 2.05) is 60.8 Å². The number of benzene rings is 5. The minimum absolute atomic E-state index is 0.584. The van der Waals surface area contributed by atoms with E-state index < -0.39 is 0 Å². The maximum absolute atomic E-state index is 6.34. The van der Waals surface area contributed by atoms with Gasteiger partial charge < -0.3 is 4.42 Å². The molecule has 0 atom stereocenters. The van der Waals surface area contributed by atoms with E-state index in [4.69, 9.17) is 19.4 Å². The van der Waals surface area contributed by atoms with Gasteiger partial charge in [-0.3, -0.25) is 4.98 Å². The van der Waals surface area contributed by atoms with Crippen LogP contribution in [-0.4, -0.2) is 19.9 Å². The zero-order chi connectivity index (χ0) is 29.5. The Labute approximate surface area is 254 Å². The Morgan fingerprint density at radius 2 is 1.05 bits per heavy atom. The van der Waals surface area contributed by atoms with Crippen molar-refractivity contribution in [1.82, 2.24) is 19.9 Å². The fourth-order valence-electron chi connectivity index (χ4n) is 5.69. The van der Waals surface area contributed by atoms with E-state index in [0.717, 1.165) is 55.3 Å². The molecular weight excluding hydrogens is 540 g/mol. The summed E-state index contributed by atoms with van der Waals surface area (Å²) < 4.78 is 6.34. The molecule has 0 saturated carbocycles. The van der Waals surface area contributed by atoms with Crippen molar-refractivity contribution in [2.24, 2.45) is 0 Å². The summed E-state index contributed by atoms with van der Waals surface area (Å²) in [5, 5.41) is 2.07. The van der Waals surface area contributed by atoms with Gasteiger partial charge in [-0.25, -0.2) is 15.0 Å². The molecule has 44 heavy (non-hydrogen) atoms. The summed E-state index contributed by atoms with van der Waals surface area (Å²) >= 11 is 0. The molecule has 0 bridgehead atoms. The van der Waals surface area contributed by atoms with Gasteiger partial charge in [-0.1, -0.05) is 121 Å². The minimum atomic E-state index is 0.584. The molecule has 8 rings (SSSR count). The SMILES string of the molecule is Cc1cccc(-c2ccc(-c3nc(-c4ccccc4)nc(-c4ccc5c(c4)oc4cncc(-c6ccccc6)c45)n3)cc2)c1. The number of pyridine rings is 1. The van der Waals surface area contributed by atoms with Crippen LogP contribution < -0.4 is 0 Å². The Balaban J connectivity index is 1.25. The molecule has 0 fully saturated rings. The first kappa shape index (κ1) is 25.7. The molecule has 208 valence electrons. The molecular formula is C39H26N4O. The van der Waals surface area contributed by atoms with Crippen LogP contribution in [0.4, 0.5) is 0 Å². The van der Waals surface area contributed by atoms with E-state index in [1.54, 1.807) is 6.20 Å². The lowest BCUT2D eigenvalue weighted by molar-refractivity contribution is 0.667. The van der Waals surface area contributed by atoms with Gasteiger partial charge in [0.25, 0.3) is 0 Å². The maximum Gasteiger partial charge on any atom is 0.164 e. The minimum Gasteiger partial charge on any atom is -0.454 e. The summed E-state index contributed by atoms with van der Waals surface area (Å²) in [5.74, 6) is 1.82. The van der Waals surface area contributed by atoms with Crippen molar-refractivity contribution in [1.29, 1.82) is 0 Å². The quantitative estimate of drug-likeness (QED) is 0.207. The molecule has 3 heterocycles. The zero-order valence-electron chi connectivity index (χ0n) is 24.0. The molecule has 0 aliphatic carbocycles. The molecule has 0 spiro atoms. The Kier molecular flexibility index (Phi) is 6.27. The molecule has 5 nitrogen and oxygen atoms in total. The van der Waals surface area contributed by atoms with E-state index in [9.17, 15) is 0 Å². The van der Waals surface area contributed by atoms with Crippen molar-refractivity contribution in [2.45, 2.75) is 6.92 Å². The third kappa shape index (κ3) is 4.71. The zero-order valence-corrected chi connectivity index (χ0v) is 24.0. The third-order valence-corrected chi connectivity index (χ3v) is 7.89. The first-order valence-electron chi connectivity index (χ1n) is 14.5. The molecule has 3 aromatic heterocycles. The summed E-state index contributed by atoms with van der Waals surface area (Å²) in [7, 11) is 0. The first-order valence-corrected chi connectivity index (χ1v) is 14.5. The molecule has 8 aromatic rings. The normalized spacial score (nSPS) is 11.3. The number of fused-ring (bicyclic) bond motifs is 3. The molecule has 0 saturated heterocycles. The average Bonchev–Trinajstić information content (AvgIpc) is 3.47. The van der Waals surface area contributed by atoms with Gasteiger partial charge >= 0.3 is 0 Å². The molecule has 0 N–H and O–H groups in total. The second-order valence-electron chi connectivity index (χ2n) is 10.9. The lowest BCUT2D eigenvalue weighted by Gasteiger charge is -2.09. The van der Waals surface area contributed by atoms with Crippen LogP contribution in [0.1, 0.15) is 5.56 Å². The standard InChI is InChI=1S/C39H26N4O/c1-25-9-8-14-30(21-25)26-15-17-29(18-16-26)38-41-37(28-12-6-3-7-13-28)42-39(43-38)31-19-20-32-34(22-31)44-35-24-40-23-33(36(32)35)27-10-4-2-5-11-27/h2-24H,1H3. The fraction of sp³-hybridized carbons (Fsp3) is 0.0256. The highest BCUT2D eigenvalue weighted by atomic mass is 16.3. The van der Waals surface area contributed by atoms with Crippen molar-refractivity contribution in [3.05, 3.63) is 145 Å². The lowest BCUT2D eigenvalue weighted by atomic mass is 10.0. The number of hydrogen-bond donors (Lipinski definition) is 0. The van der Waals surface area contributed by atoms with Crippen LogP contribution >= 0.6 is 0 Å². The molecule has 0 aliphatic rings. The van der Waals surface area contributed by atoms with Gasteiger partial charge in [-0.15, -0.1) is 0 Å². The molecule has 0 amide bonds. The van der Waals surface area contributed by atoms with E-state index in [0.29, 0.717) is 17.5 Å². The smallest absolute Gasteiger partial charge is 0.164 e. The topological polar surface area (TPSA) is 64.7 Å². The number of furan rings is 1. The number of nitrogens with zero attached hydrogens (tertiary/aromatic N) is 4. The van der Waals surface area contributed by atoms with Crippen LogP contribution in [-0.2, 0) is 0 Å². The van der Waals surface area contributed by atoms with E-state index in [-0.39, 0.29) is 0 Å². The van der Waals surface area contributed by atoms with Crippen molar-refractivity contribution >= 4 is 21.9 Å². The Morgan fingerprint density at radius 1 is 0.455 bits per heavy atom. The monoisotopic (exact) mass is 566 g/mol. The summed E-state index contributed by atoms with van der Waals surface area (Å²) in [6, 6.07) is 43.3. The van der Waals surface area contributed by atoms with Crippen LogP contribution in [0.2, 0.25) is 0 Å². The molecule has 5 heteroatoms. The average molecular weight is 567 g/mol. The Bertz CT molecular complexity index is 2270. The van der Waals surface area contributed by atoms with Crippen molar-refractivity contribution in [3.8, 4) is 56.4 Å². The van der Waals surface area contributed by atoms with Gasteiger partial charge in [0.2, 0.25) is 0 Å². The van der Waals surface area contributed by atoms with Crippen molar-refractivity contribution < 1.29 is 4.42 Å². The fourth-order valence-corrected chi connectivity index (χ4v) is 5.69. The van der Waals surface area contributed by atoms with E-state index in [1.165, 1.54) is 11.1 Å². The molecule has 5 aromatic carbocycles. The van der Waals surface area contributed by atoms with Crippen LogP contribution in [0.3, 0.4) is 0 Å². The molecule has 0 unspecified atom stereocenters. The predicted octanol–water partition coefficient (Wildman–Crippen LogP) is 9.81. The number of hydrogen-bond acceptors (Lipinski definition) is 5. The summed E-state index contributed by atoms with van der Waals surface area (Å²) in [5.41, 5.74) is 9.90. The first-order chi connectivity index (χ1) is 21.7. The van der Waals surface area contributed by atoms with Crippen LogP contribution in [0, 0.1) is 6.92 Å². The van der Waals surface area contributed by atoms with Crippen LogP contribution in [0.5, 0.6) is 0 Å². The highest BCUT2D eigenvalue weighted by Gasteiger charge is 2.17.